The second-order valence-corrected chi connectivity index (χ2v) is 10.0. The maximum absolute atomic E-state index is 11.9. The van der Waals surface area contributed by atoms with Gasteiger partial charge in [0.05, 0.1) is 4.90 Å². The van der Waals surface area contributed by atoms with E-state index in [9.17, 15) is 18.3 Å². The predicted octanol–water partition coefficient (Wildman–Crippen LogP) is 2.95. The number of sulfonamides is 1. The number of nitrogen functional groups attached to an aromatic ring is 1. The maximum Gasteiger partial charge on any atom is 0.506 e. The SMILES string of the molecule is N=C(N)c1cccc([C@H]2CN(Cc3ccc(-c4ccccc4S(N)(=O)=O)cc3)C[C@@H]2OC(=O)O)c1. The van der Waals surface area contributed by atoms with E-state index in [2.05, 4.69) is 4.90 Å². The summed E-state index contributed by atoms with van der Waals surface area (Å²) in [6.07, 6.45) is -1.89. The zero-order chi connectivity index (χ0) is 25.2. The van der Waals surface area contributed by atoms with Crippen molar-refractivity contribution in [2.75, 3.05) is 13.1 Å². The minimum Gasteiger partial charge on any atom is -0.450 e. The molecule has 182 valence electrons. The molecule has 0 radical (unpaired) electrons. The van der Waals surface area contributed by atoms with Gasteiger partial charge in [-0.25, -0.2) is 18.4 Å². The number of primary sulfonamides is 1. The number of likely N-dealkylation sites (tertiary alicyclic amines) is 1. The molecule has 0 amide bonds. The lowest BCUT2D eigenvalue weighted by Crippen LogP contribution is -2.25. The molecule has 2 atom stereocenters. The quantitative estimate of drug-likeness (QED) is 0.223. The van der Waals surface area contributed by atoms with Crippen LogP contribution in [-0.2, 0) is 21.3 Å². The van der Waals surface area contributed by atoms with Crippen LogP contribution in [0.15, 0.2) is 77.7 Å². The molecular formula is C25H26N4O5S. The summed E-state index contributed by atoms with van der Waals surface area (Å²) in [6.45, 7) is 1.53. The fourth-order valence-electron chi connectivity index (χ4n) is 4.49. The van der Waals surface area contributed by atoms with Gasteiger partial charge in [-0.1, -0.05) is 60.7 Å². The van der Waals surface area contributed by atoms with E-state index < -0.39 is 22.3 Å². The lowest BCUT2D eigenvalue weighted by molar-refractivity contribution is 0.0493. The van der Waals surface area contributed by atoms with Crippen molar-refractivity contribution in [1.82, 2.24) is 4.90 Å². The van der Waals surface area contributed by atoms with Gasteiger partial charge in [0, 0.05) is 36.7 Å². The molecule has 0 aromatic heterocycles. The van der Waals surface area contributed by atoms with Gasteiger partial charge in [0.25, 0.3) is 0 Å². The summed E-state index contributed by atoms with van der Waals surface area (Å²) < 4.78 is 29.1. The van der Waals surface area contributed by atoms with Crippen LogP contribution in [0.2, 0.25) is 0 Å². The zero-order valence-corrected chi connectivity index (χ0v) is 19.6. The summed E-state index contributed by atoms with van der Waals surface area (Å²) in [5.41, 5.74) is 9.30. The van der Waals surface area contributed by atoms with Gasteiger partial charge in [-0.05, 0) is 28.8 Å². The van der Waals surface area contributed by atoms with Crippen LogP contribution in [0.5, 0.6) is 0 Å². The highest BCUT2D eigenvalue weighted by Gasteiger charge is 2.36. The lowest BCUT2D eigenvalue weighted by Gasteiger charge is -2.18. The highest BCUT2D eigenvalue weighted by atomic mass is 32.2. The third-order valence-corrected chi connectivity index (χ3v) is 7.05. The molecule has 0 spiro atoms. The number of ether oxygens (including phenoxy) is 1. The summed E-state index contributed by atoms with van der Waals surface area (Å²) >= 11 is 0. The first-order valence-electron chi connectivity index (χ1n) is 10.9. The van der Waals surface area contributed by atoms with E-state index in [1.165, 1.54) is 6.07 Å². The summed E-state index contributed by atoms with van der Waals surface area (Å²) in [6, 6.07) is 21.3. The molecule has 35 heavy (non-hydrogen) atoms. The van der Waals surface area contributed by atoms with Crippen molar-refractivity contribution >= 4 is 22.0 Å². The minimum atomic E-state index is -3.86. The van der Waals surface area contributed by atoms with Crippen LogP contribution in [0.25, 0.3) is 11.1 Å². The first-order chi connectivity index (χ1) is 16.6. The summed E-state index contributed by atoms with van der Waals surface area (Å²) in [7, 11) is -3.86. The molecule has 0 unspecified atom stereocenters. The molecule has 1 aliphatic heterocycles. The molecule has 9 nitrogen and oxygen atoms in total. The highest BCUT2D eigenvalue weighted by molar-refractivity contribution is 7.89. The average Bonchev–Trinajstić information content (AvgIpc) is 3.20. The fourth-order valence-corrected chi connectivity index (χ4v) is 5.25. The Morgan fingerprint density at radius 2 is 1.77 bits per heavy atom. The van der Waals surface area contributed by atoms with Crippen molar-refractivity contribution in [3.8, 4) is 11.1 Å². The number of carboxylic acid groups (broad SMARTS) is 1. The Morgan fingerprint density at radius 1 is 1.06 bits per heavy atom. The number of carbonyl (C=O) groups is 1. The molecule has 1 heterocycles. The maximum atomic E-state index is 11.9. The Labute approximate surface area is 203 Å². The molecule has 6 N–H and O–H groups in total. The third-order valence-electron chi connectivity index (χ3n) is 6.08. The largest absolute Gasteiger partial charge is 0.506 e. The van der Waals surface area contributed by atoms with Gasteiger partial charge < -0.3 is 15.6 Å². The highest BCUT2D eigenvalue weighted by Crippen LogP contribution is 2.32. The molecule has 0 aliphatic carbocycles. The van der Waals surface area contributed by atoms with Crippen molar-refractivity contribution in [3.63, 3.8) is 0 Å². The Kier molecular flexibility index (Phi) is 6.88. The summed E-state index contributed by atoms with van der Waals surface area (Å²) in [4.78, 5) is 13.5. The van der Waals surface area contributed by atoms with Crippen LogP contribution in [-0.4, -0.2) is 49.6 Å². The van der Waals surface area contributed by atoms with Crippen molar-refractivity contribution in [3.05, 3.63) is 89.5 Å². The second-order valence-electron chi connectivity index (χ2n) is 8.50. The van der Waals surface area contributed by atoms with E-state index in [1.807, 2.05) is 30.3 Å². The van der Waals surface area contributed by atoms with E-state index in [0.29, 0.717) is 30.8 Å². The van der Waals surface area contributed by atoms with Crippen molar-refractivity contribution in [2.24, 2.45) is 10.9 Å². The zero-order valence-electron chi connectivity index (χ0n) is 18.8. The number of benzene rings is 3. The van der Waals surface area contributed by atoms with Crippen molar-refractivity contribution in [2.45, 2.75) is 23.5 Å². The van der Waals surface area contributed by atoms with Gasteiger partial charge >= 0.3 is 6.16 Å². The molecular weight excluding hydrogens is 468 g/mol. The smallest absolute Gasteiger partial charge is 0.450 e. The monoisotopic (exact) mass is 494 g/mol. The van der Waals surface area contributed by atoms with Crippen molar-refractivity contribution in [1.29, 1.82) is 5.41 Å². The van der Waals surface area contributed by atoms with E-state index in [1.54, 1.807) is 36.4 Å². The number of nitrogens with one attached hydrogen (secondary N) is 1. The topological polar surface area (TPSA) is 160 Å². The second kappa shape index (κ2) is 9.87. The molecule has 1 aliphatic rings. The van der Waals surface area contributed by atoms with E-state index in [0.717, 1.165) is 16.7 Å². The fraction of sp³-hybridized carbons (Fsp3) is 0.200. The lowest BCUT2D eigenvalue weighted by atomic mass is 9.94. The molecule has 3 aromatic rings. The van der Waals surface area contributed by atoms with Crippen LogP contribution in [0.1, 0.15) is 22.6 Å². The number of hydrogen-bond donors (Lipinski definition) is 4. The standard InChI is InChI=1S/C25H26N4O5S/c26-24(27)19-5-3-4-18(12-19)21-14-29(15-22(21)34-25(30)31)13-16-8-10-17(11-9-16)20-6-1-2-7-23(20)35(28,32)33/h1-12,21-22H,13-15H2,(H3,26,27)(H,30,31)(H2,28,32,33)/t21-,22+/m1/s1. The number of rotatable bonds is 7. The number of amidine groups is 1. The van der Waals surface area contributed by atoms with Gasteiger partial charge in [-0.15, -0.1) is 0 Å². The summed E-state index contributed by atoms with van der Waals surface area (Å²) in [5.74, 6) is -0.257. The number of hydrogen-bond acceptors (Lipinski definition) is 6. The van der Waals surface area contributed by atoms with Crippen molar-refractivity contribution < 1.29 is 23.1 Å². The molecule has 0 saturated carbocycles. The molecule has 4 rings (SSSR count). The molecule has 10 heteroatoms. The van der Waals surface area contributed by atoms with Crippen LogP contribution in [0, 0.1) is 5.41 Å². The van der Waals surface area contributed by atoms with Gasteiger partial charge in [0.2, 0.25) is 10.0 Å². The van der Waals surface area contributed by atoms with Gasteiger partial charge in [0.15, 0.2) is 0 Å². The Morgan fingerprint density at radius 3 is 2.43 bits per heavy atom. The molecule has 1 saturated heterocycles. The Bertz CT molecular complexity index is 1360. The Balaban J connectivity index is 1.53. The van der Waals surface area contributed by atoms with Gasteiger partial charge in [0.1, 0.15) is 11.9 Å². The van der Waals surface area contributed by atoms with Crippen LogP contribution >= 0.6 is 0 Å². The average molecular weight is 495 g/mol. The van der Waals surface area contributed by atoms with E-state index in [-0.39, 0.29) is 16.6 Å². The molecule has 0 bridgehead atoms. The van der Waals surface area contributed by atoms with Gasteiger partial charge in [-0.2, -0.15) is 0 Å². The van der Waals surface area contributed by atoms with Crippen LogP contribution in [0.3, 0.4) is 0 Å². The first kappa shape index (κ1) is 24.4. The van der Waals surface area contributed by atoms with Gasteiger partial charge in [-0.3, -0.25) is 10.3 Å². The van der Waals surface area contributed by atoms with Crippen LogP contribution in [0.4, 0.5) is 4.79 Å². The van der Waals surface area contributed by atoms with E-state index in [4.69, 9.17) is 21.0 Å². The minimum absolute atomic E-state index is 0.0542. The normalized spacial score (nSPS) is 18.3. The number of nitrogens with zero attached hydrogens (tertiary/aromatic N) is 1. The van der Waals surface area contributed by atoms with Crippen LogP contribution < -0.4 is 10.9 Å². The molecule has 3 aromatic carbocycles. The third kappa shape index (κ3) is 5.68. The predicted molar refractivity (Wildman–Crippen MR) is 132 cm³/mol. The molecule has 1 fully saturated rings. The Hall–Kier alpha value is -3.73. The first-order valence-corrected chi connectivity index (χ1v) is 12.4. The number of nitrogens with two attached hydrogens (primary N) is 2. The summed E-state index contributed by atoms with van der Waals surface area (Å²) in [5, 5.41) is 22.3. The van der Waals surface area contributed by atoms with E-state index >= 15 is 0 Å².